The first-order chi connectivity index (χ1) is 14.6. The van der Waals surface area contributed by atoms with E-state index in [4.69, 9.17) is 13.9 Å². The Morgan fingerprint density at radius 2 is 1.91 bits per heavy atom. The third-order valence-corrected chi connectivity index (χ3v) is 10.6. The summed E-state index contributed by atoms with van der Waals surface area (Å²) in [7, 11) is -2.24. The van der Waals surface area contributed by atoms with Crippen LogP contribution in [0.1, 0.15) is 53.7 Å². The average Bonchev–Trinajstić information content (AvgIpc) is 2.88. The molecule has 1 saturated heterocycles. The second kappa shape index (κ2) is 9.40. The monoisotopic (exact) mass is 472 g/mol. The Morgan fingerprint density at radius 3 is 2.44 bits per heavy atom. The predicted octanol–water partition coefficient (Wildman–Crippen LogP) is 2.46. The fourth-order valence-electron chi connectivity index (χ4n) is 3.13. The Kier molecular flexibility index (Phi) is 7.68. The van der Waals surface area contributed by atoms with Gasteiger partial charge in [0.25, 0.3) is 5.56 Å². The average molecular weight is 473 g/mol. The highest BCUT2D eigenvalue weighted by Gasteiger charge is 2.58. The molecule has 32 heavy (non-hydrogen) atoms. The van der Waals surface area contributed by atoms with Crippen molar-refractivity contribution >= 4 is 20.1 Å². The summed E-state index contributed by atoms with van der Waals surface area (Å²) >= 11 is 0. The molecule has 1 aliphatic heterocycles. The fraction of sp³-hybridized carbons (Fsp3) is 0.714. The van der Waals surface area contributed by atoms with E-state index in [0.29, 0.717) is 0 Å². The first-order valence-corrected chi connectivity index (χ1v) is 13.5. The van der Waals surface area contributed by atoms with Crippen molar-refractivity contribution in [2.24, 2.45) is 0 Å². The molecular formula is C21H33FN2O7Si. The number of carbonyl (C=O) groups is 2. The molecule has 2 rings (SSSR count). The van der Waals surface area contributed by atoms with Gasteiger partial charge in [-0.05, 0) is 32.0 Å². The zero-order valence-corrected chi connectivity index (χ0v) is 20.7. The van der Waals surface area contributed by atoms with Gasteiger partial charge in [0.05, 0.1) is 13.0 Å². The SMILES string of the molecule is CC(=O)CCC(=O)OC1C(CO[Si](C)(C)C(C)(C)C)OC(n2ccc(=O)[nH]c2=O)C1(C)F. The Labute approximate surface area is 187 Å². The first kappa shape index (κ1) is 26.1. The number of alkyl halides is 1. The lowest BCUT2D eigenvalue weighted by Gasteiger charge is -2.37. The molecular weight excluding hydrogens is 439 g/mol. The quantitative estimate of drug-likeness (QED) is 0.456. The maximum absolute atomic E-state index is 16.0. The summed E-state index contributed by atoms with van der Waals surface area (Å²) in [6, 6.07) is 1.08. The summed E-state index contributed by atoms with van der Waals surface area (Å²) in [5, 5.41) is -0.118. The summed E-state index contributed by atoms with van der Waals surface area (Å²) in [6.07, 6.45) is -2.91. The van der Waals surface area contributed by atoms with Crippen molar-refractivity contribution in [3.05, 3.63) is 33.1 Å². The van der Waals surface area contributed by atoms with E-state index in [1.165, 1.54) is 13.8 Å². The number of halogens is 1. The van der Waals surface area contributed by atoms with Gasteiger partial charge < -0.3 is 18.7 Å². The summed E-state index contributed by atoms with van der Waals surface area (Å²) in [5.74, 6) is -0.937. The van der Waals surface area contributed by atoms with Crippen LogP contribution in [0.5, 0.6) is 0 Å². The number of H-pyrrole nitrogens is 1. The van der Waals surface area contributed by atoms with E-state index in [0.717, 1.165) is 16.8 Å². The molecule has 0 aliphatic carbocycles. The molecule has 4 atom stereocenters. The van der Waals surface area contributed by atoms with E-state index >= 15 is 4.39 Å². The van der Waals surface area contributed by atoms with Crippen LogP contribution in [0.3, 0.4) is 0 Å². The largest absolute Gasteiger partial charge is 0.456 e. The van der Waals surface area contributed by atoms with Crippen molar-refractivity contribution in [3.8, 4) is 0 Å². The van der Waals surface area contributed by atoms with Gasteiger partial charge in [0.1, 0.15) is 11.9 Å². The zero-order chi connectivity index (χ0) is 24.5. The number of rotatable bonds is 8. The predicted molar refractivity (Wildman–Crippen MR) is 118 cm³/mol. The number of hydrogen-bond donors (Lipinski definition) is 1. The van der Waals surface area contributed by atoms with E-state index in [9.17, 15) is 19.2 Å². The van der Waals surface area contributed by atoms with E-state index < -0.39 is 49.6 Å². The number of Topliss-reactive ketones (excluding diaryl/α,β-unsaturated/α-hetero) is 1. The number of nitrogens with one attached hydrogen (secondary N) is 1. The van der Waals surface area contributed by atoms with Gasteiger partial charge in [-0.25, -0.2) is 9.18 Å². The number of carbonyl (C=O) groups excluding carboxylic acids is 2. The molecule has 1 aromatic rings. The molecule has 0 aromatic carbocycles. The van der Waals surface area contributed by atoms with Gasteiger partial charge in [-0.2, -0.15) is 0 Å². The fourth-order valence-corrected chi connectivity index (χ4v) is 4.14. The minimum Gasteiger partial charge on any atom is -0.456 e. The molecule has 0 bridgehead atoms. The van der Waals surface area contributed by atoms with E-state index in [-0.39, 0.29) is 30.3 Å². The molecule has 0 radical (unpaired) electrons. The van der Waals surface area contributed by atoms with Crippen LogP contribution in [0.4, 0.5) is 4.39 Å². The Morgan fingerprint density at radius 1 is 1.28 bits per heavy atom. The lowest BCUT2D eigenvalue weighted by molar-refractivity contribution is -0.158. The number of ether oxygens (including phenoxy) is 2. The summed E-state index contributed by atoms with van der Waals surface area (Å²) in [4.78, 5) is 49.3. The summed E-state index contributed by atoms with van der Waals surface area (Å²) in [6.45, 7) is 12.7. The van der Waals surface area contributed by atoms with E-state index in [1.54, 1.807) is 0 Å². The molecule has 1 aromatic heterocycles. The van der Waals surface area contributed by atoms with Crippen LogP contribution in [0, 0.1) is 0 Å². The lowest BCUT2D eigenvalue weighted by atomic mass is 9.98. The molecule has 0 amide bonds. The molecule has 0 saturated carbocycles. The highest BCUT2D eigenvalue weighted by molar-refractivity contribution is 6.74. The first-order valence-electron chi connectivity index (χ1n) is 10.5. The van der Waals surface area contributed by atoms with Crippen molar-refractivity contribution in [1.29, 1.82) is 0 Å². The van der Waals surface area contributed by atoms with Crippen molar-refractivity contribution in [2.75, 3.05) is 6.61 Å². The number of aromatic amines is 1. The number of esters is 1. The molecule has 1 aliphatic rings. The van der Waals surface area contributed by atoms with Gasteiger partial charge in [-0.1, -0.05) is 20.8 Å². The highest BCUT2D eigenvalue weighted by atomic mass is 28.4. The van der Waals surface area contributed by atoms with Gasteiger partial charge in [-0.15, -0.1) is 0 Å². The lowest BCUT2D eigenvalue weighted by Crippen LogP contribution is -2.48. The second-order valence-corrected chi connectivity index (χ2v) is 14.7. The summed E-state index contributed by atoms with van der Waals surface area (Å²) in [5.41, 5.74) is -3.79. The maximum atomic E-state index is 16.0. The van der Waals surface area contributed by atoms with Crippen LogP contribution in [0.2, 0.25) is 18.1 Å². The minimum absolute atomic E-state index is 0.0244. The second-order valence-electron chi connectivity index (χ2n) is 9.88. The van der Waals surface area contributed by atoms with Crippen LogP contribution in [0.25, 0.3) is 0 Å². The van der Waals surface area contributed by atoms with Crippen LogP contribution in [-0.2, 0) is 23.5 Å². The maximum Gasteiger partial charge on any atom is 0.330 e. The van der Waals surface area contributed by atoms with Gasteiger partial charge >= 0.3 is 11.7 Å². The minimum atomic E-state index is -2.31. The zero-order valence-electron chi connectivity index (χ0n) is 19.7. The smallest absolute Gasteiger partial charge is 0.330 e. The van der Waals surface area contributed by atoms with E-state index in [1.807, 2.05) is 13.1 Å². The molecule has 1 fully saturated rings. The van der Waals surface area contributed by atoms with Crippen LogP contribution in [-0.4, -0.2) is 54.1 Å². The third kappa shape index (κ3) is 5.81. The third-order valence-electron chi connectivity index (χ3n) is 6.14. The van der Waals surface area contributed by atoms with Crippen LogP contribution in [0.15, 0.2) is 21.9 Å². The number of ketones is 1. The Bertz CT molecular complexity index is 964. The van der Waals surface area contributed by atoms with Crippen molar-refractivity contribution in [2.45, 2.75) is 89.7 Å². The van der Waals surface area contributed by atoms with Crippen LogP contribution >= 0.6 is 0 Å². The standard InChI is InChI=1S/C21H33FN2O7Si/c1-13(25)8-9-16(27)31-17-14(12-29-32(6,7)20(2,3)4)30-18(21(17,5)22)24-11-10-15(26)23-19(24)28/h10-11,14,17-18H,8-9,12H2,1-7H3,(H,23,26,28). The molecule has 180 valence electrons. The van der Waals surface area contributed by atoms with Crippen LogP contribution < -0.4 is 11.2 Å². The summed E-state index contributed by atoms with van der Waals surface area (Å²) < 4.78 is 34.4. The van der Waals surface area contributed by atoms with Crippen molar-refractivity contribution < 1.29 is 27.9 Å². The van der Waals surface area contributed by atoms with Gasteiger partial charge in [0.15, 0.2) is 26.3 Å². The normalized spacial score (nSPS) is 26.2. The molecule has 4 unspecified atom stereocenters. The highest BCUT2D eigenvalue weighted by Crippen LogP contribution is 2.44. The Balaban J connectivity index is 2.34. The number of aromatic nitrogens is 2. The van der Waals surface area contributed by atoms with Crippen molar-refractivity contribution in [3.63, 3.8) is 0 Å². The van der Waals surface area contributed by atoms with Gasteiger partial charge in [0.2, 0.25) is 0 Å². The molecule has 0 spiro atoms. The van der Waals surface area contributed by atoms with Gasteiger partial charge in [-0.3, -0.25) is 19.1 Å². The molecule has 2 heterocycles. The van der Waals surface area contributed by atoms with Gasteiger partial charge in [0, 0.05) is 18.7 Å². The number of nitrogens with zero attached hydrogens (tertiary/aromatic N) is 1. The van der Waals surface area contributed by atoms with E-state index in [2.05, 4.69) is 25.8 Å². The number of hydrogen-bond acceptors (Lipinski definition) is 7. The topological polar surface area (TPSA) is 117 Å². The molecule has 9 nitrogen and oxygen atoms in total. The Hall–Kier alpha value is -2.11. The molecule has 1 N–H and O–H groups in total. The van der Waals surface area contributed by atoms with Crippen molar-refractivity contribution in [1.82, 2.24) is 9.55 Å². The molecule has 11 heteroatoms.